The molecule has 21 heavy (non-hydrogen) atoms. The van der Waals surface area contributed by atoms with Crippen LogP contribution in [0.5, 0.6) is 5.75 Å². The molecule has 0 bridgehead atoms. The van der Waals surface area contributed by atoms with Gasteiger partial charge >= 0.3 is 0 Å². The average Bonchev–Trinajstić information content (AvgIpc) is 2.74. The van der Waals surface area contributed by atoms with Crippen molar-refractivity contribution < 1.29 is 4.74 Å². The number of hydrogen-bond donors (Lipinski definition) is 1. The number of unbranched alkanes of at least 4 members (excludes halogenated alkanes) is 2. The van der Waals surface area contributed by atoms with Crippen molar-refractivity contribution in [2.45, 2.75) is 46.5 Å². The van der Waals surface area contributed by atoms with E-state index in [4.69, 9.17) is 4.74 Å². The van der Waals surface area contributed by atoms with Crippen LogP contribution < -0.4 is 4.74 Å². The first-order valence-electron chi connectivity index (χ1n) is 7.36. The van der Waals surface area contributed by atoms with Crippen LogP contribution in [-0.4, -0.2) is 16.8 Å². The molecule has 0 unspecified atom stereocenters. The van der Waals surface area contributed by atoms with Gasteiger partial charge in [0.1, 0.15) is 5.75 Å². The van der Waals surface area contributed by atoms with E-state index in [1.54, 1.807) is 0 Å². The van der Waals surface area contributed by atoms with Crippen molar-refractivity contribution in [3.05, 3.63) is 46.8 Å². The topological polar surface area (TPSA) is 37.9 Å². The molecule has 0 spiro atoms. The average molecular weight is 309 g/mol. The highest BCUT2D eigenvalue weighted by molar-refractivity contribution is 5.85. The number of ether oxygens (including phenoxy) is 1. The summed E-state index contributed by atoms with van der Waals surface area (Å²) in [6.45, 7) is 7.05. The van der Waals surface area contributed by atoms with E-state index in [1.165, 1.54) is 29.7 Å². The Morgan fingerprint density at radius 3 is 2.57 bits per heavy atom. The van der Waals surface area contributed by atoms with Gasteiger partial charge in [-0.05, 0) is 69.7 Å². The molecule has 0 atom stereocenters. The Bertz CT molecular complexity index is 532. The van der Waals surface area contributed by atoms with E-state index in [-0.39, 0.29) is 12.4 Å². The van der Waals surface area contributed by atoms with Gasteiger partial charge in [-0.1, -0.05) is 12.1 Å². The molecule has 0 saturated heterocycles. The molecule has 3 nitrogen and oxygen atoms in total. The van der Waals surface area contributed by atoms with Gasteiger partial charge in [0.25, 0.3) is 0 Å². The van der Waals surface area contributed by atoms with Gasteiger partial charge in [0.05, 0.1) is 12.3 Å². The van der Waals surface area contributed by atoms with E-state index in [0.717, 1.165) is 30.9 Å². The Balaban J connectivity index is 0.00000220. The van der Waals surface area contributed by atoms with E-state index in [9.17, 15) is 0 Å². The summed E-state index contributed by atoms with van der Waals surface area (Å²) in [4.78, 5) is 0. The number of halogens is 1. The molecule has 2 rings (SSSR count). The summed E-state index contributed by atoms with van der Waals surface area (Å²) in [5, 5.41) is 7.27. The third kappa shape index (κ3) is 5.43. The van der Waals surface area contributed by atoms with Gasteiger partial charge in [0, 0.05) is 5.69 Å². The fraction of sp³-hybridized carbons (Fsp3) is 0.471. The van der Waals surface area contributed by atoms with Crippen LogP contribution in [0.3, 0.4) is 0 Å². The first-order chi connectivity index (χ1) is 9.66. The van der Waals surface area contributed by atoms with Crippen LogP contribution in [0.1, 0.15) is 41.8 Å². The number of aryl methyl sites for hydroxylation is 3. The molecule has 0 saturated carbocycles. The molecule has 1 heterocycles. The molecule has 0 aliphatic carbocycles. The fourth-order valence-electron chi connectivity index (χ4n) is 2.42. The SMILES string of the molecule is Cc1cccc(OCCCCCc2c(C)n[nH]c2C)c1.Cl. The van der Waals surface area contributed by atoms with Gasteiger partial charge in [0.15, 0.2) is 0 Å². The highest BCUT2D eigenvalue weighted by Gasteiger charge is 2.05. The maximum absolute atomic E-state index is 5.75. The number of aromatic nitrogens is 2. The normalized spacial score (nSPS) is 10.2. The molecular weight excluding hydrogens is 284 g/mol. The minimum Gasteiger partial charge on any atom is -0.494 e. The fourth-order valence-corrected chi connectivity index (χ4v) is 2.42. The van der Waals surface area contributed by atoms with Crippen LogP contribution in [0, 0.1) is 20.8 Å². The molecule has 0 fully saturated rings. The van der Waals surface area contributed by atoms with Gasteiger partial charge in [-0.25, -0.2) is 0 Å². The molecule has 0 aliphatic heterocycles. The van der Waals surface area contributed by atoms with Gasteiger partial charge in [-0.15, -0.1) is 12.4 Å². The van der Waals surface area contributed by atoms with Gasteiger partial charge < -0.3 is 4.74 Å². The first-order valence-corrected chi connectivity index (χ1v) is 7.36. The molecule has 116 valence electrons. The van der Waals surface area contributed by atoms with Crippen LogP contribution in [0.4, 0.5) is 0 Å². The largest absolute Gasteiger partial charge is 0.494 e. The van der Waals surface area contributed by atoms with Crippen molar-refractivity contribution >= 4 is 12.4 Å². The maximum atomic E-state index is 5.75. The minimum atomic E-state index is 0. The van der Waals surface area contributed by atoms with Gasteiger partial charge in [-0.3, -0.25) is 5.10 Å². The Kier molecular flexibility index (Phi) is 7.30. The lowest BCUT2D eigenvalue weighted by Crippen LogP contribution is -1.98. The zero-order valence-corrected chi connectivity index (χ0v) is 13.9. The Hall–Kier alpha value is -1.48. The molecule has 4 heteroatoms. The van der Waals surface area contributed by atoms with Crippen LogP contribution in [0.25, 0.3) is 0 Å². The van der Waals surface area contributed by atoms with Crippen LogP contribution >= 0.6 is 12.4 Å². The molecule has 1 N–H and O–H groups in total. The van der Waals surface area contributed by atoms with Crippen molar-refractivity contribution in [1.82, 2.24) is 10.2 Å². The molecule has 0 amide bonds. The summed E-state index contributed by atoms with van der Waals surface area (Å²) in [6, 6.07) is 8.22. The first kappa shape index (κ1) is 17.6. The number of rotatable bonds is 7. The maximum Gasteiger partial charge on any atom is 0.119 e. The predicted molar refractivity (Wildman–Crippen MR) is 89.5 cm³/mol. The molecule has 0 aliphatic rings. The predicted octanol–water partition coefficient (Wildman–Crippen LogP) is 4.55. The lowest BCUT2D eigenvalue weighted by Gasteiger charge is -2.07. The molecule has 0 radical (unpaired) electrons. The number of hydrogen-bond acceptors (Lipinski definition) is 2. The van der Waals surface area contributed by atoms with E-state index in [1.807, 2.05) is 12.1 Å². The van der Waals surface area contributed by atoms with E-state index in [2.05, 4.69) is 43.1 Å². The highest BCUT2D eigenvalue weighted by Crippen LogP contribution is 2.15. The minimum absolute atomic E-state index is 0. The van der Waals surface area contributed by atoms with Crippen molar-refractivity contribution in [2.24, 2.45) is 0 Å². The second-order valence-corrected chi connectivity index (χ2v) is 5.39. The number of benzene rings is 1. The number of nitrogens with one attached hydrogen (secondary N) is 1. The quantitative estimate of drug-likeness (QED) is 0.762. The second kappa shape index (κ2) is 8.73. The highest BCUT2D eigenvalue weighted by atomic mass is 35.5. The van der Waals surface area contributed by atoms with Crippen molar-refractivity contribution in [3.63, 3.8) is 0 Å². The lowest BCUT2D eigenvalue weighted by atomic mass is 10.1. The smallest absolute Gasteiger partial charge is 0.119 e. The summed E-state index contributed by atoms with van der Waals surface area (Å²) in [7, 11) is 0. The van der Waals surface area contributed by atoms with Crippen LogP contribution in [-0.2, 0) is 6.42 Å². The summed E-state index contributed by atoms with van der Waals surface area (Å²) < 4.78 is 5.75. The Morgan fingerprint density at radius 2 is 1.90 bits per heavy atom. The van der Waals surface area contributed by atoms with Crippen molar-refractivity contribution in [2.75, 3.05) is 6.61 Å². The Morgan fingerprint density at radius 1 is 1.10 bits per heavy atom. The van der Waals surface area contributed by atoms with Gasteiger partial charge in [-0.2, -0.15) is 5.10 Å². The van der Waals surface area contributed by atoms with Gasteiger partial charge in [0.2, 0.25) is 0 Å². The van der Waals surface area contributed by atoms with E-state index >= 15 is 0 Å². The second-order valence-electron chi connectivity index (χ2n) is 5.39. The van der Waals surface area contributed by atoms with Crippen molar-refractivity contribution in [1.29, 1.82) is 0 Å². The van der Waals surface area contributed by atoms with E-state index in [0.29, 0.717) is 0 Å². The zero-order chi connectivity index (χ0) is 14.4. The lowest BCUT2D eigenvalue weighted by molar-refractivity contribution is 0.305. The van der Waals surface area contributed by atoms with E-state index < -0.39 is 0 Å². The molecule has 1 aromatic heterocycles. The molecule has 1 aromatic carbocycles. The summed E-state index contributed by atoms with van der Waals surface area (Å²) in [5.74, 6) is 0.978. The van der Waals surface area contributed by atoms with Crippen LogP contribution in [0.2, 0.25) is 0 Å². The number of nitrogens with zero attached hydrogens (tertiary/aromatic N) is 1. The molecular formula is C17H25ClN2O. The summed E-state index contributed by atoms with van der Waals surface area (Å²) in [6.07, 6.45) is 4.59. The summed E-state index contributed by atoms with van der Waals surface area (Å²) in [5.41, 5.74) is 4.97. The summed E-state index contributed by atoms with van der Waals surface area (Å²) >= 11 is 0. The van der Waals surface area contributed by atoms with Crippen molar-refractivity contribution in [3.8, 4) is 5.75 Å². The molecule has 2 aromatic rings. The van der Waals surface area contributed by atoms with Crippen LogP contribution in [0.15, 0.2) is 24.3 Å². The number of aromatic amines is 1. The zero-order valence-electron chi connectivity index (χ0n) is 13.1. The standard InChI is InChI=1S/C17H24N2O.ClH/c1-13-8-7-9-16(12-13)20-11-6-4-5-10-17-14(2)18-19-15(17)3;/h7-9,12H,4-6,10-11H2,1-3H3,(H,18,19);1H. The number of H-pyrrole nitrogens is 1. The Labute approximate surface area is 133 Å². The monoisotopic (exact) mass is 308 g/mol. The third-order valence-corrected chi connectivity index (χ3v) is 3.61. The third-order valence-electron chi connectivity index (χ3n) is 3.61.